The maximum Gasteiger partial charge on any atom is 0.144 e. The molecule has 0 saturated heterocycles. The zero-order valence-electron chi connectivity index (χ0n) is 10.8. The minimum atomic E-state index is -0.261. The molecule has 0 aliphatic rings. The van der Waals surface area contributed by atoms with Crippen molar-refractivity contribution < 1.29 is 5.21 Å². The van der Waals surface area contributed by atoms with E-state index in [2.05, 4.69) is 57.3 Å². The molecule has 0 saturated carbocycles. The summed E-state index contributed by atoms with van der Waals surface area (Å²) in [4.78, 5) is 0. The van der Waals surface area contributed by atoms with Gasteiger partial charge in [0, 0.05) is 21.2 Å². The Morgan fingerprint density at radius 3 is 2.56 bits per heavy atom. The number of anilines is 1. The molecule has 0 aliphatic carbocycles. The lowest BCUT2D eigenvalue weighted by Crippen LogP contribution is -2.32. The maximum absolute atomic E-state index is 8.68. The van der Waals surface area contributed by atoms with Gasteiger partial charge in [-0.1, -0.05) is 19.0 Å². The van der Waals surface area contributed by atoms with Gasteiger partial charge in [-0.2, -0.15) is 0 Å². The fourth-order valence-electron chi connectivity index (χ4n) is 1.59. The van der Waals surface area contributed by atoms with Crippen molar-refractivity contribution >= 4 is 34.1 Å². The van der Waals surface area contributed by atoms with Crippen LogP contribution in [0.15, 0.2) is 29.4 Å². The third-order valence-electron chi connectivity index (χ3n) is 2.95. The molecule has 5 heteroatoms. The Morgan fingerprint density at radius 2 is 2.00 bits per heavy atom. The van der Waals surface area contributed by atoms with E-state index in [9.17, 15) is 0 Å². The lowest BCUT2D eigenvalue weighted by Gasteiger charge is -2.22. The van der Waals surface area contributed by atoms with Gasteiger partial charge in [-0.25, -0.2) is 0 Å². The number of hydrogen-bond donors (Lipinski definition) is 3. The number of nitrogens with zero attached hydrogens (tertiary/aromatic N) is 1. The van der Waals surface area contributed by atoms with E-state index < -0.39 is 0 Å². The summed E-state index contributed by atoms with van der Waals surface area (Å²) < 4.78 is 1.23. The smallest absolute Gasteiger partial charge is 0.144 e. The second-order valence-electron chi connectivity index (χ2n) is 4.91. The summed E-state index contributed by atoms with van der Waals surface area (Å²) in [5.41, 5.74) is 6.50. The van der Waals surface area contributed by atoms with Crippen molar-refractivity contribution in [3.05, 3.63) is 27.8 Å². The molecule has 0 fully saturated rings. The fraction of sp³-hybridized carbons (Fsp3) is 0.462. The molecule has 0 aromatic heterocycles. The Labute approximate surface area is 122 Å². The van der Waals surface area contributed by atoms with E-state index >= 15 is 0 Å². The Balaban J connectivity index is 2.33. The molecule has 1 rings (SSSR count). The number of halogens is 1. The van der Waals surface area contributed by atoms with E-state index in [1.807, 2.05) is 13.8 Å². The van der Waals surface area contributed by atoms with Gasteiger partial charge in [0.2, 0.25) is 0 Å². The molecule has 4 nitrogen and oxygen atoms in total. The first kappa shape index (κ1) is 15.1. The van der Waals surface area contributed by atoms with Crippen LogP contribution >= 0.6 is 22.6 Å². The van der Waals surface area contributed by atoms with Crippen LogP contribution in [0, 0.1) is 8.99 Å². The van der Waals surface area contributed by atoms with Gasteiger partial charge in [0.05, 0.1) is 0 Å². The van der Waals surface area contributed by atoms with Crippen LogP contribution in [0.5, 0.6) is 0 Å². The predicted molar refractivity (Wildman–Crippen MR) is 84.1 cm³/mol. The zero-order valence-corrected chi connectivity index (χ0v) is 12.9. The third kappa shape index (κ3) is 4.72. The van der Waals surface area contributed by atoms with Gasteiger partial charge in [0.25, 0.3) is 0 Å². The molecule has 0 radical (unpaired) electrons. The molecule has 100 valence electrons. The third-order valence-corrected chi connectivity index (χ3v) is 3.67. The second-order valence-corrected chi connectivity index (χ2v) is 6.15. The second kappa shape index (κ2) is 6.82. The van der Waals surface area contributed by atoms with E-state index in [0.717, 1.165) is 25.1 Å². The molecule has 1 aromatic rings. The predicted octanol–water partition coefficient (Wildman–Crippen LogP) is 3.26. The van der Waals surface area contributed by atoms with E-state index in [4.69, 9.17) is 10.9 Å². The maximum atomic E-state index is 8.68. The standard InChI is InChI=1S/C13H20IN3O/c1-13(2,12(15)17-18)8-3-9-16-11-6-4-10(14)5-7-11/h4-7,16,18H,3,8-9H2,1-2H3,(H2,15,17). The van der Waals surface area contributed by atoms with Crippen molar-refractivity contribution in [1.82, 2.24) is 0 Å². The van der Waals surface area contributed by atoms with Crippen molar-refractivity contribution in [3.63, 3.8) is 0 Å². The molecule has 18 heavy (non-hydrogen) atoms. The average molecular weight is 361 g/mol. The molecule has 0 atom stereocenters. The Hall–Kier alpha value is -0.980. The van der Waals surface area contributed by atoms with Crippen LogP contribution in [0.2, 0.25) is 0 Å². The van der Waals surface area contributed by atoms with Gasteiger partial charge in [0.15, 0.2) is 0 Å². The van der Waals surface area contributed by atoms with Crippen LogP contribution < -0.4 is 11.1 Å². The Bertz CT molecular complexity index is 401. The van der Waals surface area contributed by atoms with Gasteiger partial charge in [0.1, 0.15) is 5.84 Å². The first-order valence-corrected chi connectivity index (χ1v) is 7.01. The fourth-order valence-corrected chi connectivity index (χ4v) is 1.95. The lowest BCUT2D eigenvalue weighted by molar-refractivity contribution is 0.305. The summed E-state index contributed by atoms with van der Waals surface area (Å²) in [5.74, 6) is 0.289. The van der Waals surface area contributed by atoms with E-state index in [1.165, 1.54) is 3.57 Å². The van der Waals surface area contributed by atoms with Crippen LogP contribution in [0.3, 0.4) is 0 Å². The number of nitrogens with two attached hydrogens (primary N) is 1. The highest BCUT2D eigenvalue weighted by Crippen LogP contribution is 2.22. The van der Waals surface area contributed by atoms with E-state index in [1.54, 1.807) is 0 Å². The molecule has 0 heterocycles. The average Bonchev–Trinajstić information content (AvgIpc) is 2.35. The summed E-state index contributed by atoms with van der Waals surface area (Å²) in [6, 6.07) is 8.28. The van der Waals surface area contributed by atoms with Crippen LogP contribution in [-0.4, -0.2) is 17.6 Å². The number of oxime groups is 1. The summed E-state index contributed by atoms with van der Waals surface area (Å²) in [7, 11) is 0. The van der Waals surface area contributed by atoms with Crippen molar-refractivity contribution in [3.8, 4) is 0 Å². The number of benzene rings is 1. The van der Waals surface area contributed by atoms with Crippen LogP contribution in [0.25, 0.3) is 0 Å². The van der Waals surface area contributed by atoms with E-state index in [0.29, 0.717) is 0 Å². The van der Waals surface area contributed by atoms with Gasteiger partial charge in [-0.15, -0.1) is 0 Å². The lowest BCUT2D eigenvalue weighted by atomic mass is 9.86. The summed E-state index contributed by atoms with van der Waals surface area (Å²) in [5, 5.41) is 15.1. The molecular weight excluding hydrogens is 341 g/mol. The quantitative estimate of drug-likeness (QED) is 0.182. The molecular formula is C13H20IN3O. The molecule has 0 aliphatic heterocycles. The Morgan fingerprint density at radius 1 is 1.39 bits per heavy atom. The summed E-state index contributed by atoms with van der Waals surface area (Å²) in [6.45, 7) is 4.84. The largest absolute Gasteiger partial charge is 0.409 e. The minimum absolute atomic E-state index is 0.261. The molecule has 0 unspecified atom stereocenters. The molecule has 0 spiro atoms. The topological polar surface area (TPSA) is 70.6 Å². The Kier molecular flexibility index (Phi) is 5.71. The van der Waals surface area contributed by atoms with Crippen molar-refractivity contribution in [1.29, 1.82) is 0 Å². The monoisotopic (exact) mass is 361 g/mol. The SMILES string of the molecule is CC(C)(CCCNc1ccc(I)cc1)C(N)=NO. The van der Waals surface area contributed by atoms with Gasteiger partial charge in [-0.3, -0.25) is 0 Å². The summed E-state index contributed by atoms with van der Waals surface area (Å²) >= 11 is 2.28. The molecule has 4 N–H and O–H groups in total. The first-order valence-electron chi connectivity index (χ1n) is 5.93. The number of amidine groups is 1. The normalized spacial score (nSPS) is 12.5. The highest BCUT2D eigenvalue weighted by Gasteiger charge is 2.22. The number of hydrogen-bond acceptors (Lipinski definition) is 3. The number of rotatable bonds is 6. The number of nitrogens with one attached hydrogen (secondary N) is 1. The highest BCUT2D eigenvalue weighted by molar-refractivity contribution is 14.1. The molecule has 1 aromatic carbocycles. The van der Waals surface area contributed by atoms with Gasteiger partial charge >= 0.3 is 0 Å². The van der Waals surface area contributed by atoms with Crippen LogP contribution in [0.1, 0.15) is 26.7 Å². The van der Waals surface area contributed by atoms with Gasteiger partial charge < -0.3 is 16.3 Å². The summed E-state index contributed by atoms with van der Waals surface area (Å²) in [6.07, 6.45) is 1.84. The van der Waals surface area contributed by atoms with Crippen LogP contribution in [-0.2, 0) is 0 Å². The van der Waals surface area contributed by atoms with Gasteiger partial charge in [-0.05, 0) is 59.7 Å². The molecule has 0 amide bonds. The van der Waals surface area contributed by atoms with E-state index in [-0.39, 0.29) is 11.3 Å². The minimum Gasteiger partial charge on any atom is -0.409 e. The highest BCUT2D eigenvalue weighted by atomic mass is 127. The van der Waals surface area contributed by atoms with Crippen LogP contribution in [0.4, 0.5) is 5.69 Å². The zero-order chi connectivity index (χ0) is 13.6. The first-order chi connectivity index (χ1) is 8.45. The van der Waals surface area contributed by atoms with Crippen molar-refractivity contribution in [2.75, 3.05) is 11.9 Å². The van der Waals surface area contributed by atoms with Crippen molar-refractivity contribution in [2.24, 2.45) is 16.3 Å². The molecule has 0 bridgehead atoms. The van der Waals surface area contributed by atoms with Crippen molar-refractivity contribution in [2.45, 2.75) is 26.7 Å².